The predicted molar refractivity (Wildman–Crippen MR) is 57.6 cm³/mol. The molecule has 0 aliphatic heterocycles. The Labute approximate surface area is 95.2 Å². The maximum atomic E-state index is 10.9. The average molecular weight is 245 g/mol. The number of aromatic carboxylic acids is 1. The molecule has 7 nitrogen and oxygen atoms in total. The van der Waals surface area contributed by atoms with Crippen LogP contribution in [0.1, 0.15) is 17.3 Å². The van der Waals surface area contributed by atoms with Crippen molar-refractivity contribution in [2.45, 2.75) is 18.5 Å². The van der Waals surface area contributed by atoms with E-state index >= 15 is 0 Å². The first-order valence-corrected chi connectivity index (χ1v) is 5.40. The van der Waals surface area contributed by atoms with Gasteiger partial charge in [-0.1, -0.05) is 6.92 Å². The summed E-state index contributed by atoms with van der Waals surface area (Å²) in [6.07, 6.45) is 0. The highest BCUT2D eigenvalue weighted by Gasteiger charge is 2.22. The molecule has 1 aromatic rings. The minimum atomic E-state index is -1.20. The third-order valence-corrected chi connectivity index (χ3v) is 2.59. The zero-order chi connectivity index (χ0) is 12.3. The van der Waals surface area contributed by atoms with E-state index in [-0.39, 0.29) is 16.4 Å². The van der Waals surface area contributed by atoms with Crippen molar-refractivity contribution in [1.29, 1.82) is 0 Å². The van der Waals surface area contributed by atoms with E-state index in [1.807, 2.05) is 6.92 Å². The van der Waals surface area contributed by atoms with Gasteiger partial charge >= 0.3 is 11.9 Å². The van der Waals surface area contributed by atoms with Gasteiger partial charge in [-0.25, -0.2) is 9.48 Å². The molecule has 1 rings (SSSR count). The van der Waals surface area contributed by atoms with E-state index in [0.29, 0.717) is 5.75 Å². The molecule has 0 aromatic carbocycles. The minimum Gasteiger partial charge on any atom is -0.480 e. The number of anilines is 1. The third-order valence-electron chi connectivity index (χ3n) is 1.74. The predicted octanol–water partition coefficient (Wildman–Crippen LogP) is 0.360. The zero-order valence-corrected chi connectivity index (χ0v) is 9.32. The highest BCUT2D eigenvalue weighted by molar-refractivity contribution is 7.99. The molecule has 8 heteroatoms. The standard InChI is InChI=1S/C8H11N3O4S/c1-2-16-7-5(8(14)15)6(9)11(10-7)3-4(12)13/h2-3,9H2,1H3,(H,12,13)(H,14,15). The van der Waals surface area contributed by atoms with Crippen LogP contribution in [0.2, 0.25) is 0 Å². The van der Waals surface area contributed by atoms with Crippen LogP contribution >= 0.6 is 11.8 Å². The van der Waals surface area contributed by atoms with E-state index in [1.54, 1.807) is 0 Å². The van der Waals surface area contributed by atoms with Crippen LogP contribution in [0.5, 0.6) is 0 Å². The Hall–Kier alpha value is -1.70. The topological polar surface area (TPSA) is 118 Å². The normalized spacial score (nSPS) is 10.3. The van der Waals surface area contributed by atoms with Crippen LogP contribution in [-0.4, -0.2) is 37.7 Å². The van der Waals surface area contributed by atoms with E-state index in [1.165, 1.54) is 11.8 Å². The van der Waals surface area contributed by atoms with Crippen molar-refractivity contribution >= 4 is 29.5 Å². The van der Waals surface area contributed by atoms with Crippen LogP contribution < -0.4 is 5.73 Å². The molecule has 16 heavy (non-hydrogen) atoms. The molecular weight excluding hydrogens is 234 g/mol. The van der Waals surface area contributed by atoms with Gasteiger partial charge in [0.05, 0.1) is 0 Å². The van der Waals surface area contributed by atoms with Gasteiger partial charge in [0.2, 0.25) is 0 Å². The van der Waals surface area contributed by atoms with Crippen LogP contribution in [-0.2, 0) is 11.3 Å². The number of hydrogen-bond acceptors (Lipinski definition) is 5. The number of aliphatic carboxylic acids is 1. The number of nitrogen functional groups attached to an aromatic ring is 1. The molecular formula is C8H11N3O4S. The van der Waals surface area contributed by atoms with Gasteiger partial charge in [-0.15, -0.1) is 11.8 Å². The molecule has 4 N–H and O–H groups in total. The van der Waals surface area contributed by atoms with E-state index in [9.17, 15) is 9.59 Å². The van der Waals surface area contributed by atoms with Crippen molar-refractivity contribution < 1.29 is 19.8 Å². The lowest BCUT2D eigenvalue weighted by atomic mass is 10.3. The number of carbonyl (C=O) groups is 2. The Morgan fingerprint density at radius 2 is 2.12 bits per heavy atom. The van der Waals surface area contributed by atoms with E-state index in [2.05, 4.69) is 5.10 Å². The first-order chi connectivity index (χ1) is 7.47. The highest BCUT2D eigenvalue weighted by Crippen LogP contribution is 2.26. The third kappa shape index (κ3) is 2.45. The SMILES string of the molecule is CCSc1nn(CC(=O)O)c(N)c1C(=O)O. The monoisotopic (exact) mass is 245 g/mol. The first-order valence-electron chi connectivity index (χ1n) is 4.41. The van der Waals surface area contributed by atoms with Crippen LogP contribution in [0, 0.1) is 0 Å². The van der Waals surface area contributed by atoms with Crippen molar-refractivity contribution in [3.8, 4) is 0 Å². The van der Waals surface area contributed by atoms with Gasteiger partial charge in [-0.05, 0) is 5.75 Å². The maximum Gasteiger partial charge on any atom is 0.342 e. The van der Waals surface area contributed by atoms with Gasteiger partial charge in [0.15, 0.2) is 0 Å². The van der Waals surface area contributed by atoms with Crippen LogP contribution in [0.25, 0.3) is 0 Å². The highest BCUT2D eigenvalue weighted by atomic mass is 32.2. The Morgan fingerprint density at radius 1 is 1.50 bits per heavy atom. The molecule has 0 aliphatic rings. The molecule has 0 aliphatic carbocycles. The Kier molecular flexibility index (Phi) is 3.78. The van der Waals surface area contributed by atoms with Gasteiger partial charge in [0.25, 0.3) is 0 Å². The lowest BCUT2D eigenvalue weighted by Crippen LogP contribution is -2.13. The van der Waals surface area contributed by atoms with Crippen molar-refractivity contribution in [2.75, 3.05) is 11.5 Å². The number of nitrogens with zero attached hydrogens (tertiary/aromatic N) is 2. The molecule has 0 saturated carbocycles. The second-order valence-electron chi connectivity index (χ2n) is 2.85. The molecule has 0 spiro atoms. The molecule has 1 heterocycles. The summed E-state index contributed by atoms with van der Waals surface area (Å²) in [6, 6.07) is 0. The number of carboxylic acids is 2. The molecule has 0 unspecified atom stereocenters. The summed E-state index contributed by atoms with van der Waals surface area (Å²) in [6.45, 7) is 1.39. The molecule has 0 saturated heterocycles. The number of aromatic nitrogens is 2. The summed E-state index contributed by atoms with van der Waals surface area (Å²) in [5.74, 6) is -1.83. The number of rotatable bonds is 5. The smallest absolute Gasteiger partial charge is 0.342 e. The van der Waals surface area contributed by atoms with Gasteiger partial charge in [-0.3, -0.25) is 4.79 Å². The summed E-state index contributed by atoms with van der Waals surface area (Å²) in [5.41, 5.74) is 5.40. The van der Waals surface area contributed by atoms with Gasteiger partial charge in [0, 0.05) is 0 Å². The van der Waals surface area contributed by atoms with Gasteiger partial charge in [-0.2, -0.15) is 5.10 Å². The van der Waals surface area contributed by atoms with Crippen LogP contribution in [0.15, 0.2) is 5.03 Å². The number of nitrogens with two attached hydrogens (primary N) is 1. The number of hydrogen-bond donors (Lipinski definition) is 3. The van der Waals surface area contributed by atoms with Gasteiger partial charge < -0.3 is 15.9 Å². The molecule has 0 fully saturated rings. The summed E-state index contributed by atoms with van der Waals surface area (Å²) in [5, 5.41) is 21.6. The van der Waals surface area contributed by atoms with Gasteiger partial charge in [0.1, 0.15) is 23.0 Å². The molecule has 1 aromatic heterocycles. The summed E-state index contributed by atoms with van der Waals surface area (Å²) < 4.78 is 0.976. The summed E-state index contributed by atoms with van der Waals surface area (Å²) in [7, 11) is 0. The van der Waals surface area contributed by atoms with E-state index in [0.717, 1.165) is 4.68 Å². The zero-order valence-electron chi connectivity index (χ0n) is 8.51. The number of thioether (sulfide) groups is 1. The van der Waals surface area contributed by atoms with Crippen LogP contribution in [0.4, 0.5) is 5.82 Å². The molecule has 0 radical (unpaired) electrons. The molecule has 0 amide bonds. The molecule has 0 bridgehead atoms. The summed E-state index contributed by atoms with van der Waals surface area (Å²) >= 11 is 1.21. The largest absolute Gasteiger partial charge is 0.480 e. The fourth-order valence-corrected chi connectivity index (χ4v) is 1.91. The van der Waals surface area contributed by atoms with Crippen molar-refractivity contribution in [1.82, 2.24) is 9.78 Å². The second-order valence-corrected chi connectivity index (χ2v) is 4.11. The Balaban J connectivity index is 3.18. The summed E-state index contributed by atoms with van der Waals surface area (Å²) in [4.78, 5) is 21.4. The Morgan fingerprint density at radius 3 is 2.56 bits per heavy atom. The maximum absolute atomic E-state index is 10.9. The fraction of sp³-hybridized carbons (Fsp3) is 0.375. The quantitative estimate of drug-likeness (QED) is 0.641. The number of carboxylic acid groups (broad SMARTS) is 2. The fourth-order valence-electron chi connectivity index (χ4n) is 1.14. The van der Waals surface area contributed by atoms with E-state index in [4.69, 9.17) is 15.9 Å². The minimum absolute atomic E-state index is 0.131. The Bertz CT molecular complexity index is 429. The molecule has 88 valence electrons. The second kappa shape index (κ2) is 4.88. The average Bonchev–Trinajstić information content (AvgIpc) is 2.43. The van der Waals surface area contributed by atoms with Crippen molar-refractivity contribution in [2.24, 2.45) is 0 Å². The van der Waals surface area contributed by atoms with E-state index < -0.39 is 18.5 Å². The van der Waals surface area contributed by atoms with Crippen molar-refractivity contribution in [3.63, 3.8) is 0 Å². The van der Waals surface area contributed by atoms with Crippen molar-refractivity contribution in [3.05, 3.63) is 5.56 Å². The lowest BCUT2D eigenvalue weighted by molar-refractivity contribution is -0.137. The molecule has 0 atom stereocenters. The van der Waals surface area contributed by atoms with Crippen LogP contribution in [0.3, 0.4) is 0 Å². The first kappa shape index (κ1) is 12.4. The lowest BCUT2D eigenvalue weighted by Gasteiger charge is -1.98.